The van der Waals surface area contributed by atoms with E-state index in [1.165, 1.54) is 25.7 Å². The second-order valence-electron chi connectivity index (χ2n) is 5.23. The highest BCUT2D eigenvalue weighted by atomic mass is 16.4. The van der Waals surface area contributed by atoms with Crippen LogP contribution in [0.15, 0.2) is 16.8 Å². The molecule has 1 aliphatic carbocycles. The van der Waals surface area contributed by atoms with Gasteiger partial charge in [0, 0.05) is 31.8 Å². The van der Waals surface area contributed by atoms with E-state index in [-0.39, 0.29) is 0 Å². The summed E-state index contributed by atoms with van der Waals surface area (Å²) >= 11 is 0. The highest BCUT2D eigenvalue weighted by Crippen LogP contribution is 2.27. The molecule has 0 aromatic carbocycles. The Balaban J connectivity index is 1.52. The van der Waals surface area contributed by atoms with E-state index in [1.807, 2.05) is 19.4 Å². The van der Waals surface area contributed by atoms with Crippen molar-refractivity contribution in [2.45, 2.75) is 38.6 Å². The summed E-state index contributed by atoms with van der Waals surface area (Å²) in [6, 6.07) is 0.497. The first-order chi connectivity index (χ1) is 9.29. The van der Waals surface area contributed by atoms with E-state index in [9.17, 15) is 0 Å². The largest absolute Gasteiger partial charge is 0.408 e. The van der Waals surface area contributed by atoms with Gasteiger partial charge in [-0.15, -0.1) is 5.10 Å². The normalized spacial score (nSPS) is 16.1. The fourth-order valence-electron chi connectivity index (χ4n) is 2.61. The molecule has 6 heteroatoms. The van der Waals surface area contributed by atoms with E-state index in [4.69, 9.17) is 4.42 Å². The average Bonchev–Trinajstić information content (AvgIpc) is 3.10. The minimum absolute atomic E-state index is 0.497. The molecule has 1 fully saturated rings. The van der Waals surface area contributed by atoms with Crippen LogP contribution in [0.4, 0.5) is 6.01 Å². The topological polar surface area (TPSA) is 68.8 Å². The number of hydrogen-bond donors (Lipinski definition) is 1. The zero-order valence-corrected chi connectivity index (χ0v) is 11.2. The predicted molar refractivity (Wildman–Crippen MR) is 70.5 cm³/mol. The quantitative estimate of drug-likeness (QED) is 0.893. The van der Waals surface area contributed by atoms with Crippen LogP contribution < -0.4 is 5.32 Å². The van der Waals surface area contributed by atoms with E-state index in [2.05, 4.69) is 20.6 Å². The van der Waals surface area contributed by atoms with E-state index in [0.717, 1.165) is 23.8 Å². The molecular weight excluding hydrogens is 242 g/mol. The maximum atomic E-state index is 5.61. The molecule has 3 rings (SSSR count). The third kappa shape index (κ3) is 3.13. The summed E-state index contributed by atoms with van der Waals surface area (Å²) in [7, 11) is 1.90. The Morgan fingerprint density at radius 1 is 1.37 bits per heavy atom. The number of rotatable bonds is 5. The van der Waals surface area contributed by atoms with Crippen molar-refractivity contribution in [2.75, 3.05) is 5.32 Å². The zero-order valence-electron chi connectivity index (χ0n) is 11.2. The molecule has 0 aliphatic heterocycles. The predicted octanol–water partition coefficient (Wildman–Crippen LogP) is 2.15. The fourth-order valence-corrected chi connectivity index (χ4v) is 2.61. The van der Waals surface area contributed by atoms with Crippen LogP contribution >= 0.6 is 0 Å². The molecule has 0 atom stereocenters. The minimum atomic E-state index is 0.497. The van der Waals surface area contributed by atoms with Gasteiger partial charge in [-0.1, -0.05) is 17.9 Å². The Bertz CT molecular complexity index is 527. The maximum absolute atomic E-state index is 5.61. The van der Waals surface area contributed by atoms with Gasteiger partial charge in [-0.3, -0.25) is 4.68 Å². The second-order valence-corrected chi connectivity index (χ2v) is 5.23. The van der Waals surface area contributed by atoms with Gasteiger partial charge in [0.2, 0.25) is 5.89 Å². The fraction of sp³-hybridized carbons (Fsp3) is 0.615. The zero-order chi connectivity index (χ0) is 13.1. The number of nitrogens with one attached hydrogen (secondary N) is 1. The molecule has 1 N–H and O–H groups in total. The molecular formula is C13H19N5O. The molecule has 0 unspecified atom stereocenters. The third-order valence-corrected chi connectivity index (χ3v) is 3.61. The number of aryl methyl sites for hydroxylation is 1. The Morgan fingerprint density at radius 2 is 2.21 bits per heavy atom. The molecule has 102 valence electrons. The SMILES string of the molecule is Cn1cc(CNc2nnc(CC3CCCC3)o2)cn1. The first-order valence-corrected chi connectivity index (χ1v) is 6.83. The van der Waals surface area contributed by atoms with Gasteiger partial charge >= 0.3 is 6.01 Å². The molecule has 2 aromatic rings. The van der Waals surface area contributed by atoms with Crippen LogP contribution in [0.25, 0.3) is 0 Å². The van der Waals surface area contributed by atoms with Crippen molar-refractivity contribution in [1.82, 2.24) is 20.0 Å². The summed E-state index contributed by atoms with van der Waals surface area (Å²) in [6.45, 7) is 0.652. The van der Waals surface area contributed by atoms with Gasteiger partial charge in [0.1, 0.15) is 0 Å². The molecule has 1 saturated carbocycles. The van der Waals surface area contributed by atoms with Crippen LogP contribution in [-0.4, -0.2) is 20.0 Å². The van der Waals surface area contributed by atoms with Crippen molar-refractivity contribution in [3.05, 3.63) is 23.8 Å². The van der Waals surface area contributed by atoms with Gasteiger partial charge in [0.05, 0.1) is 6.20 Å². The van der Waals surface area contributed by atoms with Crippen molar-refractivity contribution in [1.29, 1.82) is 0 Å². The summed E-state index contributed by atoms with van der Waals surface area (Å²) in [5.41, 5.74) is 1.10. The summed E-state index contributed by atoms with van der Waals surface area (Å²) in [5, 5.41) is 15.4. The Labute approximate surface area is 112 Å². The van der Waals surface area contributed by atoms with Crippen molar-refractivity contribution < 1.29 is 4.42 Å². The smallest absolute Gasteiger partial charge is 0.315 e. The van der Waals surface area contributed by atoms with Crippen LogP contribution in [0.1, 0.15) is 37.1 Å². The van der Waals surface area contributed by atoms with Crippen LogP contribution in [0, 0.1) is 5.92 Å². The van der Waals surface area contributed by atoms with Gasteiger partial charge in [0.15, 0.2) is 0 Å². The summed E-state index contributed by atoms with van der Waals surface area (Å²) < 4.78 is 7.39. The molecule has 19 heavy (non-hydrogen) atoms. The van der Waals surface area contributed by atoms with E-state index in [1.54, 1.807) is 4.68 Å². The summed E-state index contributed by atoms with van der Waals surface area (Å²) in [4.78, 5) is 0. The molecule has 1 aliphatic rings. The van der Waals surface area contributed by atoms with Crippen LogP contribution in [-0.2, 0) is 20.0 Å². The van der Waals surface area contributed by atoms with Crippen LogP contribution in [0.2, 0.25) is 0 Å². The van der Waals surface area contributed by atoms with Gasteiger partial charge in [-0.05, 0) is 18.8 Å². The lowest BCUT2D eigenvalue weighted by Crippen LogP contribution is -1.99. The van der Waals surface area contributed by atoms with Crippen molar-refractivity contribution in [2.24, 2.45) is 13.0 Å². The number of anilines is 1. The number of nitrogens with zero attached hydrogens (tertiary/aromatic N) is 4. The van der Waals surface area contributed by atoms with Crippen molar-refractivity contribution in [3.8, 4) is 0 Å². The molecule has 0 amide bonds. The number of aromatic nitrogens is 4. The Kier molecular flexibility index (Phi) is 3.48. The first-order valence-electron chi connectivity index (χ1n) is 6.83. The Hall–Kier alpha value is -1.85. The van der Waals surface area contributed by atoms with Gasteiger partial charge in [-0.2, -0.15) is 5.10 Å². The standard InChI is InChI=1S/C13H19N5O/c1-18-9-11(8-15-18)7-14-13-17-16-12(19-13)6-10-4-2-3-5-10/h8-10H,2-7H2,1H3,(H,14,17). The second kappa shape index (κ2) is 5.42. The monoisotopic (exact) mass is 261 g/mol. The summed E-state index contributed by atoms with van der Waals surface area (Å²) in [6.07, 6.45) is 9.96. The molecule has 0 saturated heterocycles. The summed E-state index contributed by atoms with van der Waals surface area (Å²) in [5.74, 6) is 1.48. The average molecular weight is 261 g/mol. The molecule has 2 heterocycles. The van der Waals surface area contributed by atoms with Crippen LogP contribution in [0.5, 0.6) is 0 Å². The molecule has 2 aromatic heterocycles. The maximum Gasteiger partial charge on any atom is 0.315 e. The molecule has 6 nitrogen and oxygen atoms in total. The first kappa shape index (κ1) is 12.2. The lowest BCUT2D eigenvalue weighted by molar-refractivity contribution is 0.437. The molecule has 0 radical (unpaired) electrons. The Morgan fingerprint density at radius 3 is 2.95 bits per heavy atom. The highest BCUT2D eigenvalue weighted by Gasteiger charge is 2.18. The third-order valence-electron chi connectivity index (χ3n) is 3.61. The van der Waals surface area contributed by atoms with Gasteiger partial charge in [-0.25, -0.2) is 0 Å². The van der Waals surface area contributed by atoms with Gasteiger partial charge < -0.3 is 9.73 Å². The van der Waals surface area contributed by atoms with Crippen molar-refractivity contribution in [3.63, 3.8) is 0 Å². The van der Waals surface area contributed by atoms with E-state index >= 15 is 0 Å². The minimum Gasteiger partial charge on any atom is -0.408 e. The van der Waals surface area contributed by atoms with Gasteiger partial charge in [0.25, 0.3) is 0 Å². The molecule has 0 spiro atoms. The molecule has 0 bridgehead atoms. The highest BCUT2D eigenvalue weighted by molar-refractivity contribution is 5.20. The van der Waals surface area contributed by atoms with Crippen LogP contribution in [0.3, 0.4) is 0 Å². The van der Waals surface area contributed by atoms with E-state index in [0.29, 0.717) is 12.6 Å². The lowest BCUT2D eigenvalue weighted by Gasteiger charge is -2.03. The number of hydrogen-bond acceptors (Lipinski definition) is 5. The van der Waals surface area contributed by atoms with Crippen molar-refractivity contribution >= 4 is 6.01 Å². The van der Waals surface area contributed by atoms with E-state index < -0.39 is 0 Å². The lowest BCUT2D eigenvalue weighted by atomic mass is 10.0.